The minimum absolute atomic E-state index is 0.108. The van der Waals surface area contributed by atoms with Crippen LogP contribution in [0.4, 0.5) is 0 Å². The molecule has 0 spiro atoms. The number of aryl methyl sites for hydroxylation is 1. The van der Waals surface area contributed by atoms with Crippen molar-refractivity contribution in [2.45, 2.75) is 79.4 Å². The summed E-state index contributed by atoms with van der Waals surface area (Å²) in [5.74, 6) is -0.690. The maximum atomic E-state index is 13.6. The minimum atomic E-state index is -0.449. The fraction of sp³-hybridized carbons (Fsp3) is 0.419. The van der Waals surface area contributed by atoms with Crippen molar-refractivity contribution in [3.63, 3.8) is 0 Å². The Morgan fingerprint density at radius 2 is 1.83 bits per heavy atom. The second kappa shape index (κ2) is 8.95. The summed E-state index contributed by atoms with van der Waals surface area (Å²) in [5, 5.41) is 5.76. The molecule has 1 aliphatic carbocycles. The molecular weight excluding hydrogens is 448 g/mol. The molecule has 1 aromatic heterocycles. The molecule has 36 heavy (non-hydrogen) atoms. The lowest BCUT2D eigenvalue weighted by atomic mass is 9.68. The summed E-state index contributed by atoms with van der Waals surface area (Å²) in [6, 6.07) is 14.8. The van der Waals surface area contributed by atoms with Gasteiger partial charge < -0.3 is 14.6 Å². The minimum Gasteiger partial charge on any atom is -0.459 e. The molecule has 188 valence electrons. The van der Waals surface area contributed by atoms with Crippen LogP contribution in [-0.4, -0.2) is 22.4 Å². The van der Waals surface area contributed by atoms with E-state index in [4.69, 9.17) is 4.74 Å². The Morgan fingerprint density at radius 1 is 1.11 bits per heavy atom. The number of hydrogen-bond donors (Lipinski definition) is 1. The highest BCUT2D eigenvalue weighted by atomic mass is 16.5. The van der Waals surface area contributed by atoms with Gasteiger partial charge in [-0.25, -0.2) is 4.79 Å². The van der Waals surface area contributed by atoms with Crippen LogP contribution < -0.4 is 5.32 Å². The number of ketones is 1. The number of dihydropyridines is 1. The van der Waals surface area contributed by atoms with Crippen LogP contribution in [0.2, 0.25) is 0 Å². The molecule has 0 radical (unpaired) electrons. The largest absolute Gasteiger partial charge is 0.459 e. The van der Waals surface area contributed by atoms with Crippen molar-refractivity contribution in [2.24, 2.45) is 5.41 Å². The van der Waals surface area contributed by atoms with Crippen LogP contribution in [0.5, 0.6) is 0 Å². The maximum absolute atomic E-state index is 13.6. The van der Waals surface area contributed by atoms with Crippen LogP contribution in [0.3, 0.4) is 0 Å². The van der Waals surface area contributed by atoms with E-state index in [2.05, 4.69) is 73.1 Å². The zero-order valence-corrected chi connectivity index (χ0v) is 22.2. The van der Waals surface area contributed by atoms with Gasteiger partial charge in [-0.1, -0.05) is 45.0 Å². The average molecular weight is 485 g/mol. The van der Waals surface area contributed by atoms with Crippen LogP contribution in [-0.2, 0) is 20.9 Å². The highest BCUT2D eigenvalue weighted by Crippen LogP contribution is 2.47. The SMILES string of the molecule is CC[C@@H](C)OC(=O)C1=C(C)NC2=C(C(=O)CC(C)(C)C2)[C@H]1c1ccc2c(c1)c1ccccc1n2CC. The second-order valence-corrected chi connectivity index (χ2v) is 11.1. The first-order chi connectivity index (χ1) is 17.1. The van der Waals surface area contributed by atoms with Crippen molar-refractivity contribution >= 4 is 33.6 Å². The monoisotopic (exact) mass is 484 g/mol. The summed E-state index contributed by atoms with van der Waals surface area (Å²) in [4.78, 5) is 27.2. The molecule has 5 rings (SSSR count). The van der Waals surface area contributed by atoms with E-state index < -0.39 is 5.92 Å². The van der Waals surface area contributed by atoms with Crippen LogP contribution in [0, 0.1) is 5.41 Å². The summed E-state index contributed by atoms with van der Waals surface area (Å²) in [6.45, 7) is 13.1. The van der Waals surface area contributed by atoms with Crippen molar-refractivity contribution in [2.75, 3.05) is 0 Å². The van der Waals surface area contributed by atoms with Crippen LogP contribution in [0.25, 0.3) is 21.8 Å². The van der Waals surface area contributed by atoms with Gasteiger partial charge in [0.2, 0.25) is 0 Å². The number of allylic oxidation sites excluding steroid dienone is 3. The van der Waals surface area contributed by atoms with Gasteiger partial charge in [0.05, 0.1) is 11.7 Å². The Morgan fingerprint density at radius 3 is 2.56 bits per heavy atom. The third-order valence-electron chi connectivity index (χ3n) is 7.79. The molecule has 5 nitrogen and oxygen atoms in total. The molecule has 1 aliphatic heterocycles. The molecule has 5 heteroatoms. The van der Waals surface area contributed by atoms with Gasteiger partial charge in [-0.2, -0.15) is 0 Å². The Kier molecular flexibility index (Phi) is 6.06. The maximum Gasteiger partial charge on any atom is 0.337 e. The highest BCUT2D eigenvalue weighted by Gasteiger charge is 2.43. The number of carbonyl (C=O) groups is 2. The van der Waals surface area contributed by atoms with E-state index >= 15 is 0 Å². The summed E-state index contributed by atoms with van der Waals surface area (Å²) in [7, 11) is 0. The third kappa shape index (κ3) is 3.95. The number of esters is 1. The summed E-state index contributed by atoms with van der Waals surface area (Å²) >= 11 is 0. The van der Waals surface area contributed by atoms with Gasteiger partial charge in [-0.05, 0) is 62.8 Å². The Hall–Kier alpha value is -3.34. The van der Waals surface area contributed by atoms with Gasteiger partial charge in [0.15, 0.2) is 5.78 Å². The fourth-order valence-corrected chi connectivity index (χ4v) is 5.96. The van der Waals surface area contributed by atoms with Crippen molar-refractivity contribution in [1.82, 2.24) is 9.88 Å². The Balaban J connectivity index is 1.73. The molecular formula is C31H36N2O3. The number of nitrogens with one attached hydrogen (secondary N) is 1. The van der Waals surface area contributed by atoms with E-state index in [0.717, 1.165) is 52.8 Å². The second-order valence-electron chi connectivity index (χ2n) is 11.1. The van der Waals surface area contributed by atoms with Gasteiger partial charge >= 0.3 is 5.97 Å². The highest BCUT2D eigenvalue weighted by molar-refractivity contribution is 6.09. The zero-order valence-electron chi connectivity index (χ0n) is 22.2. The lowest BCUT2D eigenvalue weighted by Gasteiger charge is -2.39. The molecule has 0 saturated carbocycles. The predicted octanol–water partition coefficient (Wildman–Crippen LogP) is 6.76. The quantitative estimate of drug-likeness (QED) is 0.407. The number of para-hydroxylation sites is 1. The van der Waals surface area contributed by atoms with Gasteiger partial charge in [0, 0.05) is 57.7 Å². The normalized spacial score (nSPS) is 20.5. The molecule has 0 saturated heterocycles. The molecule has 0 bridgehead atoms. The van der Waals surface area contributed by atoms with Crippen LogP contribution >= 0.6 is 0 Å². The Bertz CT molecular complexity index is 1450. The van der Waals surface area contributed by atoms with Gasteiger partial charge in [0.25, 0.3) is 0 Å². The van der Waals surface area contributed by atoms with Crippen molar-refractivity contribution in [3.05, 3.63) is 70.6 Å². The number of nitrogens with zero attached hydrogens (tertiary/aromatic N) is 1. The van der Waals surface area contributed by atoms with Gasteiger partial charge in [0.1, 0.15) is 0 Å². The molecule has 1 N–H and O–H groups in total. The molecule has 0 amide bonds. The van der Waals surface area contributed by atoms with Crippen molar-refractivity contribution in [1.29, 1.82) is 0 Å². The molecule has 0 fully saturated rings. The lowest BCUT2D eigenvalue weighted by molar-refractivity contribution is -0.144. The molecule has 2 aliphatic rings. The number of hydrogen-bond acceptors (Lipinski definition) is 4. The standard InChI is InChI=1S/C31H36N2O3/c1-7-18(3)36-30(35)27-19(4)32-23-16-31(5,6)17-26(34)29(23)28(27)20-13-14-25-22(15-20)21-11-9-10-12-24(21)33(25)8-2/h9-15,18,28,32H,7-8,16-17H2,1-6H3/t18-,28+/m1/s1. The van der Waals surface area contributed by atoms with E-state index in [1.165, 1.54) is 10.9 Å². The molecule has 2 atom stereocenters. The van der Waals surface area contributed by atoms with Gasteiger partial charge in [-0.3, -0.25) is 4.79 Å². The smallest absolute Gasteiger partial charge is 0.337 e. The predicted molar refractivity (Wildman–Crippen MR) is 145 cm³/mol. The van der Waals surface area contributed by atoms with Crippen LogP contribution in [0.15, 0.2) is 65.0 Å². The fourth-order valence-electron chi connectivity index (χ4n) is 5.96. The van der Waals surface area contributed by atoms with E-state index in [1.54, 1.807) is 0 Å². The summed E-state index contributed by atoms with van der Waals surface area (Å²) < 4.78 is 8.14. The first-order valence-electron chi connectivity index (χ1n) is 13.1. The van der Waals surface area contributed by atoms with E-state index in [-0.39, 0.29) is 23.3 Å². The first kappa shape index (κ1) is 24.4. The number of Topliss-reactive ketones (excluding diaryl/α,β-unsaturated/α-hetero) is 1. The number of ether oxygens (including phenoxy) is 1. The van der Waals surface area contributed by atoms with Crippen molar-refractivity contribution in [3.8, 4) is 0 Å². The molecule has 2 heterocycles. The summed E-state index contributed by atoms with van der Waals surface area (Å²) in [6.07, 6.45) is 1.78. The number of benzene rings is 2. The molecule has 2 aromatic carbocycles. The van der Waals surface area contributed by atoms with Gasteiger partial charge in [-0.15, -0.1) is 0 Å². The van der Waals surface area contributed by atoms with Crippen molar-refractivity contribution < 1.29 is 14.3 Å². The van der Waals surface area contributed by atoms with E-state index in [1.807, 2.05) is 20.8 Å². The number of fused-ring (bicyclic) bond motifs is 3. The number of aromatic nitrogens is 1. The molecule has 3 aromatic rings. The zero-order chi connectivity index (χ0) is 25.8. The van der Waals surface area contributed by atoms with E-state index in [0.29, 0.717) is 12.0 Å². The molecule has 0 unspecified atom stereocenters. The first-order valence-corrected chi connectivity index (χ1v) is 13.1. The van der Waals surface area contributed by atoms with Crippen LogP contribution in [0.1, 0.15) is 72.3 Å². The Labute approximate surface area is 213 Å². The average Bonchev–Trinajstić information content (AvgIpc) is 3.15. The summed E-state index contributed by atoms with van der Waals surface area (Å²) in [5.41, 5.74) is 6.15. The number of carbonyl (C=O) groups excluding carboxylic acids is 2. The lowest BCUT2D eigenvalue weighted by Crippen LogP contribution is -2.39. The van der Waals surface area contributed by atoms with E-state index in [9.17, 15) is 9.59 Å². The third-order valence-corrected chi connectivity index (χ3v) is 7.79. The topological polar surface area (TPSA) is 60.3 Å². The number of rotatable bonds is 5.